The second-order valence-electron chi connectivity index (χ2n) is 6.61. The molecule has 0 aliphatic carbocycles. The van der Waals surface area contributed by atoms with Crippen LogP contribution in [0.3, 0.4) is 0 Å². The number of aromatic nitrogens is 1. The molecular weight excluding hydrogens is 376 g/mol. The average molecular weight is 392 g/mol. The largest absolute Gasteiger partial charge is 0.418 e. The molecule has 2 aromatic carbocycles. The number of anilines is 1. The third-order valence-electron chi connectivity index (χ3n) is 4.37. The molecule has 1 amide bonds. The highest BCUT2D eigenvalue weighted by atomic mass is 19.4. The number of nitrogens with zero attached hydrogens (tertiary/aromatic N) is 1. The Morgan fingerprint density at radius 1 is 1.11 bits per heavy atom. The number of halogens is 4. The summed E-state index contributed by atoms with van der Waals surface area (Å²) in [4.78, 5) is 25.0. The number of carbonyl (C=O) groups excluding carboxylic acids is 1. The topological polar surface area (TPSA) is 51.1 Å². The Balaban J connectivity index is 2.06. The fourth-order valence-electron chi connectivity index (χ4n) is 2.85. The maximum Gasteiger partial charge on any atom is 0.418 e. The van der Waals surface area contributed by atoms with Gasteiger partial charge in [-0.25, -0.2) is 0 Å². The minimum absolute atomic E-state index is 0.0404. The summed E-state index contributed by atoms with van der Waals surface area (Å²) in [6.07, 6.45) is -4.05. The number of hydrogen-bond donors (Lipinski definition) is 1. The molecule has 146 valence electrons. The summed E-state index contributed by atoms with van der Waals surface area (Å²) in [7, 11) is 0. The van der Waals surface area contributed by atoms with Crippen molar-refractivity contribution in [3.8, 4) is 0 Å². The molecule has 0 saturated heterocycles. The van der Waals surface area contributed by atoms with Gasteiger partial charge in [0.25, 0.3) is 5.91 Å². The lowest BCUT2D eigenvalue weighted by molar-refractivity contribution is -0.137. The van der Waals surface area contributed by atoms with E-state index < -0.39 is 34.3 Å². The standard InChI is InChI=1S/C20H16F4N2O2/c1-11(2)12-7-8-16(15(9-12)20(21,22)23)25-19(28)14-10-26(24)17-6-4-3-5-13(17)18(14)27/h3-11H,1-2H3,(H,25,28). The van der Waals surface area contributed by atoms with Crippen LogP contribution in [0.15, 0.2) is 53.5 Å². The molecule has 1 heterocycles. The van der Waals surface area contributed by atoms with E-state index in [1.807, 2.05) is 0 Å². The van der Waals surface area contributed by atoms with Gasteiger partial charge in [-0.2, -0.15) is 18.0 Å². The molecule has 28 heavy (non-hydrogen) atoms. The summed E-state index contributed by atoms with van der Waals surface area (Å²) in [5.41, 5.74) is -2.49. The molecule has 0 fully saturated rings. The third-order valence-corrected chi connectivity index (χ3v) is 4.37. The van der Waals surface area contributed by atoms with Crippen LogP contribution in [0.1, 0.15) is 41.3 Å². The third kappa shape index (κ3) is 3.62. The monoisotopic (exact) mass is 392 g/mol. The zero-order valence-electron chi connectivity index (χ0n) is 15.0. The molecule has 0 unspecified atom stereocenters. The van der Waals surface area contributed by atoms with E-state index >= 15 is 0 Å². The molecule has 0 bridgehead atoms. The number of amides is 1. The van der Waals surface area contributed by atoms with E-state index in [4.69, 9.17) is 0 Å². The van der Waals surface area contributed by atoms with Crippen molar-refractivity contribution < 1.29 is 22.4 Å². The Kier molecular flexibility index (Phi) is 4.97. The van der Waals surface area contributed by atoms with Crippen LogP contribution in [0, 0.1) is 0 Å². The molecule has 0 aliphatic heterocycles. The van der Waals surface area contributed by atoms with Crippen LogP contribution in [0.2, 0.25) is 0 Å². The lowest BCUT2D eigenvalue weighted by Gasteiger charge is -2.16. The van der Waals surface area contributed by atoms with E-state index in [2.05, 4.69) is 5.32 Å². The van der Waals surface area contributed by atoms with Crippen molar-refractivity contribution in [3.05, 3.63) is 75.6 Å². The van der Waals surface area contributed by atoms with Gasteiger partial charge >= 0.3 is 6.18 Å². The van der Waals surface area contributed by atoms with Crippen molar-refractivity contribution in [2.24, 2.45) is 0 Å². The second-order valence-corrected chi connectivity index (χ2v) is 6.61. The molecule has 0 aliphatic rings. The van der Waals surface area contributed by atoms with Crippen LogP contribution in [-0.2, 0) is 6.18 Å². The molecule has 4 nitrogen and oxygen atoms in total. The van der Waals surface area contributed by atoms with Gasteiger partial charge in [0.2, 0.25) is 5.43 Å². The Hall–Kier alpha value is -3.16. The van der Waals surface area contributed by atoms with Crippen molar-refractivity contribution >= 4 is 22.5 Å². The summed E-state index contributed by atoms with van der Waals surface area (Å²) >= 11 is 0. The van der Waals surface area contributed by atoms with Gasteiger partial charge in [-0.1, -0.05) is 36.5 Å². The highest BCUT2D eigenvalue weighted by Gasteiger charge is 2.34. The van der Waals surface area contributed by atoms with Crippen LogP contribution in [0.5, 0.6) is 0 Å². The van der Waals surface area contributed by atoms with E-state index in [0.29, 0.717) is 11.8 Å². The first-order valence-electron chi connectivity index (χ1n) is 8.42. The van der Waals surface area contributed by atoms with E-state index in [1.54, 1.807) is 13.8 Å². The molecule has 1 aromatic heterocycles. The first kappa shape index (κ1) is 19.6. The minimum atomic E-state index is -4.71. The van der Waals surface area contributed by atoms with Crippen LogP contribution in [0.25, 0.3) is 10.9 Å². The zero-order chi connectivity index (χ0) is 20.6. The van der Waals surface area contributed by atoms with E-state index in [-0.39, 0.29) is 21.6 Å². The molecule has 0 spiro atoms. The van der Waals surface area contributed by atoms with Crippen molar-refractivity contribution in [2.75, 3.05) is 5.32 Å². The molecule has 3 rings (SSSR count). The molecule has 1 N–H and O–H groups in total. The van der Waals surface area contributed by atoms with Crippen molar-refractivity contribution in [3.63, 3.8) is 0 Å². The molecule has 3 aromatic rings. The molecule has 0 saturated carbocycles. The van der Waals surface area contributed by atoms with E-state index in [1.165, 1.54) is 30.3 Å². The summed E-state index contributed by atoms with van der Waals surface area (Å²) < 4.78 is 54.4. The highest BCUT2D eigenvalue weighted by Crippen LogP contribution is 2.36. The summed E-state index contributed by atoms with van der Waals surface area (Å²) in [6.45, 7) is 3.49. The van der Waals surface area contributed by atoms with Gasteiger partial charge < -0.3 is 5.32 Å². The van der Waals surface area contributed by atoms with Gasteiger partial charge in [0.1, 0.15) is 5.56 Å². The quantitative estimate of drug-likeness (QED) is 0.629. The van der Waals surface area contributed by atoms with Crippen molar-refractivity contribution in [1.29, 1.82) is 0 Å². The van der Waals surface area contributed by atoms with Gasteiger partial charge in [-0.05, 0) is 35.7 Å². The lowest BCUT2D eigenvalue weighted by atomic mass is 9.99. The Bertz CT molecular complexity index is 1120. The van der Waals surface area contributed by atoms with Crippen LogP contribution < -0.4 is 10.7 Å². The smallest absolute Gasteiger partial charge is 0.321 e. The predicted molar refractivity (Wildman–Crippen MR) is 98.2 cm³/mol. The SMILES string of the molecule is CC(C)c1ccc(NC(=O)c2cn(F)c3ccccc3c2=O)c(C(F)(F)F)c1. The fourth-order valence-corrected chi connectivity index (χ4v) is 2.85. The Morgan fingerprint density at radius 3 is 2.43 bits per heavy atom. The van der Waals surface area contributed by atoms with Gasteiger partial charge in [0.05, 0.1) is 23.0 Å². The Morgan fingerprint density at radius 2 is 1.79 bits per heavy atom. The number of para-hydroxylation sites is 1. The minimum Gasteiger partial charge on any atom is -0.321 e. The van der Waals surface area contributed by atoms with Gasteiger partial charge in [-0.3, -0.25) is 9.59 Å². The van der Waals surface area contributed by atoms with E-state index in [9.17, 15) is 27.2 Å². The van der Waals surface area contributed by atoms with Gasteiger partial charge in [0.15, 0.2) is 0 Å². The number of nitrogens with one attached hydrogen (secondary N) is 1. The van der Waals surface area contributed by atoms with E-state index in [0.717, 1.165) is 12.1 Å². The Labute approximate surface area is 157 Å². The number of pyridine rings is 1. The molecule has 8 heteroatoms. The average Bonchev–Trinajstić information content (AvgIpc) is 2.64. The first-order valence-corrected chi connectivity index (χ1v) is 8.42. The van der Waals surface area contributed by atoms with Crippen molar-refractivity contribution in [1.82, 2.24) is 4.79 Å². The molecule has 0 radical (unpaired) electrons. The number of alkyl halides is 3. The zero-order valence-corrected chi connectivity index (χ0v) is 15.0. The summed E-state index contributed by atoms with van der Waals surface area (Å²) in [6, 6.07) is 9.25. The van der Waals surface area contributed by atoms with Crippen LogP contribution in [-0.4, -0.2) is 10.7 Å². The van der Waals surface area contributed by atoms with Crippen molar-refractivity contribution in [2.45, 2.75) is 25.9 Å². The molecule has 0 atom stereocenters. The summed E-state index contributed by atoms with van der Waals surface area (Å²) in [5.74, 6) is -1.27. The number of rotatable bonds is 3. The maximum absolute atomic E-state index is 14.2. The van der Waals surface area contributed by atoms with Gasteiger partial charge in [0, 0.05) is 5.39 Å². The van der Waals surface area contributed by atoms with Crippen LogP contribution in [0.4, 0.5) is 23.3 Å². The first-order chi connectivity index (χ1) is 13.1. The summed E-state index contributed by atoms with van der Waals surface area (Å²) in [5, 5.41) is 2.04. The fraction of sp³-hybridized carbons (Fsp3) is 0.200. The lowest BCUT2D eigenvalue weighted by Crippen LogP contribution is -2.24. The predicted octanol–water partition coefficient (Wildman–Crippen LogP) is 5.13. The maximum atomic E-state index is 14.2. The van der Waals surface area contributed by atoms with Crippen LogP contribution >= 0.6 is 0 Å². The normalized spacial score (nSPS) is 11.8. The number of benzene rings is 2. The highest BCUT2D eigenvalue weighted by molar-refractivity contribution is 6.06. The number of carbonyl (C=O) groups is 1. The number of fused-ring (bicyclic) bond motifs is 1. The van der Waals surface area contributed by atoms with Gasteiger partial charge in [-0.15, -0.1) is 0 Å². The molecular formula is C20H16F4N2O2. The second kappa shape index (κ2) is 7.10. The number of hydrogen-bond acceptors (Lipinski definition) is 2.